The number of nitrogens with two attached hydrogens (primary N) is 2. The smallest absolute Gasteiger partial charge is 0.243 e. The molecule has 0 unspecified atom stereocenters. The molecule has 12 nitrogen and oxygen atoms in total. The minimum atomic E-state index is -0.984. The molecule has 7 N–H and O–H groups in total. The molecule has 3 amide bonds. The first-order valence-corrected chi connectivity index (χ1v) is 14.5. The van der Waals surface area contributed by atoms with Gasteiger partial charge in [0.15, 0.2) is 11.0 Å². The monoisotopic (exact) mass is 595 g/mol. The number of guanidine groups is 1. The minimum absolute atomic E-state index is 0.0416. The lowest BCUT2D eigenvalue weighted by Crippen LogP contribution is -2.58. The summed E-state index contributed by atoms with van der Waals surface area (Å²) in [5, 5.41) is 10.3. The van der Waals surface area contributed by atoms with E-state index in [0.29, 0.717) is 12.2 Å². The Labute approximate surface area is 248 Å². The second-order valence-corrected chi connectivity index (χ2v) is 10.9. The zero-order valence-corrected chi connectivity index (χ0v) is 24.4. The first-order chi connectivity index (χ1) is 20.1. The first-order valence-electron chi connectivity index (χ1n) is 13.6. The van der Waals surface area contributed by atoms with Crippen molar-refractivity contribution >= 4 is 40.8 Å². The van der Waals surface area contributed by atoms with E-state index in [1.807, 2.05) is 30.3 Å². The molecule has 0 aliphatic rings. The molecule has 224 valence electrons. The molecular weight excluding hydrogens is 558 g/mol. The predicted molar refractivity (Wildman–Crippen MR) is 160 cm³/mol. The van der Waals surface area contributed by atoms with Crippen molar-refractivity contribution < 1.29 is 23.6 Å². The Morgan fingerprint density at radius 2 is 1.74 bits per heavy atom. The fourth-order valence-corrected chi connectivity index (χ4v) is 4.82. The van der Waals surface area contributed by atoms with Crippen molar-refractivity contribution in [2.24, 2.45) is 22.4 Å². The number of hydrogen-bond acceptors (Lipinski definition) is 8. The number of carbonyl (C=O) groups is 4. The molecule has 0 bridgehead atoms. The van der Waals surface area contributed by atoms with Crippen molar-refractivity contribution in [2.45, 2.75) is 57.7 Å². The lowest BCUT2D eigenvalue weighted by molar-refractivity contribution is -0.133. The number of rotatable bonds is 16. The molecule has 2 aromatic heterocycles. The topological polar surface area (TPSA) is 195 Å². The average molecular weight is 596 g/mol. The van der Waals surface area contributed by atoms with Gasteiger partial charge < -0.3 is 31.8 Å². The third kappa shape index (κ3) is 10.1. The summed E-state index contributed by atoms with van der Waals surface area (Å²) >= 11 is 1.17. The molecule has 0 fully saturated rings. The number of nitrogens with zero attached hydrogens (tertiary/aromatic N) is 2. The number of hydrogen-bond donors (Lipinski definition) is 5. The zero-order chi connectivity index (χ0) is 30.5. The average Bonchev–Trinajstić information content (AvgIpc) is 3.67. The van der Waals surface area contributed by atoms with Crippen molar-refractivity contribution in [2.75, 3.05) is 6.54 Å². The second-order valence-electron chi connectivity index (χ2n) is 10.0. The highest BCUT2D eigenvalue weighted by atomic mass is 32.1. The Morgan fingerprint density at radius 1 is 0.976 bits per heavy atom. The van der Waals surface area contributed by atoms with Crippen LogP contribution in [0, 0.1) is 5.92 Å². The van der Waals surface area contributed by atoms with E-state index in [1.165, 1.54) is 23.8 Å². The molecule has 3 rings (SSSR count). The van der Waals surface area contributed by atoms with Crippen LogP contribution in [-0.4, -0.2) is 59.1 Å². The van der Waals surface area contributed by atoms with Crippen LogP contribution in [0.5, 0.6) is 0 Å². The van der Waals surface area contributed by atoms with Crippen LogP contribution >= 0.6 is 11.3 Å². The highest BCUT2D eigenvalue weighted by molar-refractivity contribution is 7.11. The molecular formula is C29H37N7O5S. The van der Waals surface area contributed by atoms with E-state index in [-0.39, 0.29) is 48.5 Å². The molecule has 3 atom stereocenters. The van der Waals surface area contributed by atoms with E-state index in [1.54, 1.807) is 31.4 Å². The van der Waals surface area contributed by atoms with Gasteiger partial charge in [-0.15, -0.1) is 11.3 Å². The Hall–Kier alpha value is -4.52. The van der Waals surface area contributed by atoms with Gasteiger partial charge in [-0.3, -0.25) is 24.2 Å². The molecule has 42 heavy (non-hydrogen) atoms. The number of amides is 3. The van der Waals surface area contributed by atoms with E-state index in [4.69, 9.17) is 15.9 Å². The molecule has 0 aliphatic carbocycles. The second kappa shape index (κ2) is 16.1. The molecule has 1 aromatic carbocycles. The van der Waals surface area contributed by atoms with Gasteiger partial charge in [0.25, 0.3) is 0 Å². The number of nitrogens with one attached hydrogen (secondary N) is 3. The van der Waals surface area contributed by atoms with Crippen molar-refractivity contribution in [1.29, 1.82) is 0 Å². The summed E-state index contributed by atoms with van der Waals surface area (Å²) in [6.07, 6.45) is 3.84. The Bertz CT molecular complexity index is 1320. The van der Waals surface area contributed by atoms with E-state index >= 15 is 0 Å². The van der Waals surface area contributed by atoms with Crippen molar-refractivity contribution in [3.8, 4) is 0 Å². The third-order valence-corrected chi connectivity index (χ3v) is 7.11. The number of furan rings is 1. The predicted octanol–water partition coefficient (Wildman–Crippen LogP) is 1.57. The highest BCUT2D eigenvalue weighted by Crippen LogP contribution is 2.13. The van der Waals surface area contributed by atoms with Gasteiger partial charge in [-0.1, -0.05) is 44.2 Å². The fourth-order valence-electron chi connectivity index (χ4n) is 4.19. The largest absolute Gasteiger partial charge is 0.469 e. The van der Waals surface area contributed by atoms with Crippen LogP contribution in [-0.2, 0) is 27.2 Å². The van der Waals surface area contributed by atoms with Crippen LogP contribution in [0.3, 0.4) is 0 Å². The summed E-state index contributed by atoms with van der Waals surface area (Å²) < 4.78 is 5.26. The van der Waals surface area contributed by atoms with Crippen LogP contribution in [0.1, 0.15) is 47.8 Å². The van der Waals surface area contributed by atoms with Gasteiger partial charge in [0, 0.05) is 24.5 Å². The maximum Gasteiger partial charge on any atom is 0.243 e. The van der Waals surface area contributed by atoms with Gasteiger partial charge in [0.1, 0.15) is 17.8 Å². The van der Waals surface area contributed by atoms with Gasteiger partial charge in [0.05, 0.1) is 18.7 Å². The van der Waals surface area contributed by atoms with Gasteiger partial charge >= 0.3 is 0 Å². The first kappa shape index (κ1) is 32.0. The standard InChI is InChI=1S/C29H37N7O5S/c1-18(2)24(27(40)35-21(11-6-12-33-29(30)31)25(38)28-32-13-15-42-28)36-26(39)22(16-19-8-4-3-5-9-19)34-23(37)17-20-10-7-14-41-20/h3-5,7-10,13-15,18,21-22,24H,6,11-12,16-17H2,1-2H3,(H,34,37)(H,35,40)(H,36,39)(H4,30,31,33)/t21-,22-,24-/m0/s1. The SMILES string of the molecule is CC(C)[C@H](NC(=O)[C@H](Cc1ccccc1)NC(=O)Cc1ccco1)C(=O)N[C@@H](CCCN=C(N)N)C(=O)c1nccs1. The van der Waals surface area contributed by atoms with Gasteiger partial charge in [-0.25, -0.2) is 4.98 Å². The number of benzene rings is 1. The molecule has 0 saturated heterocycles. The quantitative estimate of drug-likeness (QED) is 0.0712. The van der Waals surface area contributed by atoms with Crippen molar-refractivity contribution in [3.63, 3.8) is 0 Å². The summed E-state index contributed by atoms with van der Waals surface area (Å²) in [4.78, 5) is 61.0. The van der Waals surface area contributed by atoms with Crippen LogP contribution in [0.4, 0.5) is 0 Å². The van der Waals surface area contributed by atoms with Crippen molar-refractivity contribution in [3.05, 3.63) is 76.6 Å². The number of ketones is 1. The van der Waals surface area contributed by atoms with Crippen LogP contribution in [0.15, 0.2) is 69.7 Å². The lowest BCUT2D eigenvalue weighted by Gasteiger charge is -2.27. The van der Waals surface area contributed by atoms with Crippen LogP contribution in [0.2, 0.25) is 0 Å². The molecule has 0 radical (unpaired) electrons. The summed E-state index contributed by atoms with van der Waals surface area (Å²) in [6, 6.07) is 9.74. The Kier molecular flexibility index (Phi) is 12.2. The summed E-state index contributed by atoms with van der Waals surface area (Å²) in [7, 11) is 0. The lowest BCUT2D eigenvalue weighted by atomic mass is 9.99. The van der Waals surface area contributed by atoms with Crippen molar-refractivity contribution in [1.82, 2.24) is 20.9 Å². The van der Waals surface area contributed by atoms with E-state index in [0.717, 1.165) is 5.56 Å². The number of Topliss-reactive ketones (excluding diaryl/α,β-unsaturated/α-hetero) is 1. The molecule has 3 aromatic rings. The zero-order valence-electron chi connectivity index (χ0n) is 23.6. The Morgan fingerprint density at radius 3 is 2.36 bits per heavy atom. The number of aliphatic imine (C=N–C) groups is 1. The summed E-state index contributed by atoms with van der Waals surface area (Å²) in [6.45, 7) is 3.84. The Balaban J connectivity index is 1.74. The summed E-state index contributed by atoms with van der Waals surface area (Å²) in [5.74, 6) is -1.74. The third-order valence-electron chi connectivity index (χ3n) is 6.32. The van der Waals surface area contributed by atoms with E-state index < -0.39 is 35.8 Å². The molecule has 0 saturated carbocycles. The van der Waals surface area contributed by atoms with E-state index in [2.05, 4.69) is 25.9 Å². The maximum atomic E-state index is 13.5. The molecule has 0 aliphatic heterocycles. The van der Waals surface area contributed by atoms with E-state index in [9.17, 15) is 19.2 Å². The number of aromatic nitrogens is 1. The fraction of sp³-hybridized carbons (Fsp3) is 0.379. The van der Waals surface area contributed by atoms with Gasteiger partial charge in [-0.2, -0.15) is 0 Å². The minimum Gasteiger partial charge on any atom is -0.469 e. The van der Waals surface area contributed by atoms with Crippen LogP contribution in [0.25, 0.3) is 0 Å². The van der Waals surface area contributed by atoms with Gasteiger partial charge in [0.2, 0.25) is 23.5 Å². The maximum absolute atomic E-state index is 13.5. The normalized spacial score (nSPS) is 13.0. The molecule has 2 heterocycles. The van der Waals surface area contributed by atoms with Crippen LogP contribution < -0.4 is 27.4 Å². The van der Waals surface area contributed by atoms with Gasteiger partial charge in [-0.05, 0) is 36.5 Å². The highest BCUT2D eigenvalue weighted by Gasteiger charge is 2.32. The summed E-state index contributed by atoms with van der Waals surface area (Å²) in [5.41, 5.74) is 11.6. The molecule has 13 heteroatoms. The number of thiazole rings is 1. The number of carbonyl (C=O) groups excluding carboxylic acids is 4. The molecule has 0 spiro atoms.